The Labute approximate surface area is 179 Å². The predicted octanol–water partition coefficient (Wildman–Crippen LogP) is 3.10. The average molecular weight is 430 g/mol. The summed E-state index contributed by atoms with van der Waals surface area (Å²) in [5.74, 6) is -0.0404. The van der Waals surface area contributed by atoms with Crippen molar-refractivity contribution in [1.29, 1.82) is 0 Å². The van der Waals surface area contributed by atoms with Crippen molar-refractivity contribution in [3.8, 4) is 0 Å². The van der Waals surface area contributed by atoms with E-state index in [1.165, 1.54) is 6.33 Å². The van der Waals surface area contributed by atoms with Crippen LogP contribution in [0.3, 0.4) is 0 Å². The molecule has 8 nitrogen and oxygen atoms in total. The van der Waals surface area contributed by atoms with Gasteiger partial charge in [-0.1, -0.05) is 23.7 Å². The lowest BCUT2D eigenvalue weighted by molar-refractivity contribution is -0.182. The monoisotopic (exact) mass is 429 g/mol. The van der Waals surface area contributed by atoms with Crippen LogP contribution < -0.4 is 11.1 Å². The molecule has 4 rings (SSSR count). The smallest absolute Gasteiger partial charge is 0.267 e. The Hall–Kier alpha value is -2.71. The number of hydroxylamine groups is 2. The molecule has 1 aliphatic carbocycles. The van der Waals surface area contributed by atoms with E-state index >= 15 is 0 Å². The van der Waals surface area contributed by atoms with E-state index in [1.54, 1.807) is 11.1 Å². The van der Waals surface area contributed by atoms with Gasteiger partial charge in [0, 0.05) is 29.5 Å². The molecule has 1 saturated heterocycles. The summed E-state index contributed by atoms with van der Waals surface area (Å²) in [6.45, 7) is 0.534. The third kappa shape index (κ3) is 4.55. The Balaban J connectivity index is 1.34. The molecule has 9 heteroatoms. The van der Waals surface area contributed by atoms with Crippen LogP contribution in [-0.2, 0) is 9.63 Å². The molecule has 2 fully saturated rings. The number of aromatic nitrogens is 2. The molecule has 2 aromatic rings. The fourth-order valence-corrected chi connectivity index (χ4v) is 4.24. The predicted molar refractivity (Wildman–Crippen MR) is 112 cm³/mol. The van der Waals surface area contributed by atoms with Crippen LogP contribution in [0.1, 0.15) is 54.2 Å². The van der Waals surface area contributed by atoms with Gasteiger partial charge in [-0.05, 0) is 43.4 Å². The Kier molecular flexibility index (Phi) is 6.15. The fraction of sp³-hybridized carbons (Fsp3) is 0.429. The van der Waals surface area contributed by atoms with Gasteiger partial charge in [-0.15, -0.1) is 0 Å². The van der Waals surface area contributed by atoms with Gasteiger partial charge < -0.3 is 11.1 Å². The molecular weight excluding hydrogens is 406 g/mol. The Bertz CT molecular complexity index is 915. The summed E-state index contributed by atoms with van der Waals surface area (Å²) < 4.78 is 0. The maximum atomic E-state index is 13.1. The minimum Gasteiger partial charge on any atom is -0.367 e. The third-order valence-corrected chi connectivity index (χ3v) is 5.98. The second kappa shape index (κ2) is 8.97. The largest absolute Gasteiger partial charge is 0.367 e. The third-order valence-electron chi connectivity index (χ3n) is 5.72. The molecule has 2 amide bonds. The second-order valence-corrected chi connectivity index (χ2v) is 8.14. The normalized spacial score (nSPS) is 23.9. The molecule has 1 saturated carbocycles. The molecule has 1 aromatic carbocycles. The average Bonchev–Trinajstić information content (AvgIpc) is 3.24. The second-order valence-electron chi connectivity index (χ2n) is 7.70. The number of carbonyl (C=O) groups excluding carboxylic acids is 2. The summed E-state index contributed by atoms with van der Waals surface area (Å²) in [5, 5.41) is 5.55. The van der Waals surface area contributed by atoms with Crippen LogP contribution in [0.2, 0.25) is 5.02 Å². The van der Waals surface area contributed by atoms with Gasteiger partial charge in [0.1, 0.15) is 17.8 Å². The number of anilines is 1. The van der Waals surface area contributed by atoms with Crippen LogP contribution in [0.15, 0.2) is 36.7 Å². The summed E-state index contributed by atoms with van der Waals surface area (Å²) in [5.41, 5.74) is 6.48. The molecule has 2 heterocycles. The van der Waals surface area contributed by atoms with Gasteiger partial charge >= 0.3 is 0 Å². The molecule has 0 radical (unpaired) electrons. The quantitative estimate of drug-likeness (QED) is 0.755. The van der Waals surface area contributed by atoms with E-state index in [2.05, 4.69) is 15.3 Å². The van der Waals surface area contributed by atoms with E-state index in [0.717, 1.165) is 37.7 Å². The molecule has 0 unspecified atom stereocenters. The molecule has 0 spiro atoms. The Morgan fingerprint density at radius 3 is 2.53 bits per heavy atom. The summed E-state index contributed by atoms with van der Waals surface area (Å²) >= 11 is 5.99. The molecule has 30 heavy (non-hydrogen) atoms. The zero-order valence-electron chi connectivity index (χ0n) is 16.5. The van der Waals surface area contributed by atoms with Crippen molar-refractivity contribution < 1.29 is 14.4 Å². The molecule has 1 aliphatic heterocycles. The molecule has 3 N–H and O–H groups in total. The van der Waals surface area contributed by atoms with Crippen LogP contribution >= 0.6 is 11.6 Å². The summed E-state index contributed by atoms with van der Waals surface area (Å²) in [7, 11) is 0. The number of benzene rings is 1. The van der Waals surface area contributed by atoms with E-state index in [-0.39, 0.29) is 29.6 Å². The number of primary amides is 1. The first kappa shape index (κ1) is 20.6. The highest BCUT2D eigenvalue weighted by Crippen LogP contribution is 2.35. The van der Waals surface area contributed by atoms with E-state index < -0.39 is 5.91 Å². The highest BCUT2D eigenvalue weighted by atomic mass is 35.5. The van der Waals surface area contributed by atoms with E-state index in [4.69, 9.17) is 22.2 Å². The van der Waals surface area contributed by atoms with Crippen molar-refractivity contribution in [3.63, 3.8) is 0 Å². The van der Waals surface area contributed by atoms with Crippen LogP contribution in [0.5, 0.6) is 0 Å². The van der Waals surface area contributed by atoms with Gasteiger partial charge in [0.05, 0.1) is 12.6 Å². The fourth-order valence-electron chi connectivity index (χ4n) is 4.12. The van der Waals surface area contributed by atoms with Gasteiger partial charge in [0.15, 0.2) is 0 Å². The van der Waals surface area contributed by atoms with Crippen molar-refractivity contribution in [1.82, 2.24) is 15.0 Å². The number of halogens is 1. The van der Waals surface area contributed by atoms with Crippen molar-refractivity contribution in [2.75, 3.05) is 11.9 Å². The van der Waals surface area contributed by atoms with Gasteiger partial charge in [-0.2, -0.15) is 0 Å². The number of nitrogens with one attached hydrogen (secondary N) is 1. The lowest BCUT2D eigenvalue weighted by Crippen LogP contribution is -2.38. The lowest BCUT2D eigenvalue weighted by atomic mass is 9.85. The number of nitrogens with zero attached hydrogens (tertiary/aromatic N) is 3. The SMILES string of the molecule is NC(=O)c1cc(NC2CCC(C(=O)N3OCC[C@H]3c3ccc(Cl)cc3)CC2)ncn1. The van der Waals surface area contributed by atoms with Crippen LogP contribution in [0.25, 0.3) is 0 Å². The number of carbonyl (C=O) groups is 2. The first-order valence-electron chi connectivity index (χ1n) is 10.1. The van der Waals surface area contributed by atoms with Crippen molar-refractivity contribution in [2.24, 2.45) is 11.7 Å². The van der Waals surface area contributed by atoms with E-state index in [1.807, 2.05) is 24.3 Å². The molecule has 0 bridgehead atoms. The topological polar surface area (TPSA) is 110 Å². The zero-order valence-corrected chi connectivity index (χ0v) is 17.2. The van der Waals surface area contributed by atoms with E-state index in [9.17, 15) is 9.59 Å². The minimum absolute atomic E-state index is 0.0453. The molecule has 1 aromatic heterocycles. The number of hydrogen-bond donors (Lipinski definition) is 2. The standard InChI is InChI=1S/C21H24ClN5O3/c22-15-5-1-13(2-6-15)18-9-10-30-27(18)21(29)14-3-7-16(8-4-14)26-19-11-17(20(23)28)24-12-25-19/h1-2,5-6,11-12,14,16,18H,3-4,7-10H2,(H2,23,28)(H,24,25,26)/t14?,16?,18-/m0/s1. The molecule has 158 valence electrons. The summed E-state index contributed by atoms with van der Waals surface area (Å²) in [6, 6.07) is 9.23. The van der Waals surface area contributed by atoms with Crippen LogP contribution in [0.4, 0.5) is 5.82 Å². The molecule has 2 aliphatic rings. The summed E-state index contributed by atoms with van der Waals surface area (Å²) in [6.07, 6.45) is 5.27. The zero-order chi connectivity index (χ0) is 21.1. The van der Waals surface area contributed by atoms with Crippen molar-refractivity contribution in [3.05, 3.63) is 52.9 Å². The van der Waals surface area contributed by atoms with Gasteiger partial charge in [-0.3, -0.25) is 14.4 Å². The van der Waals surface area contributed by atoms with Gasteiger partial charge in [0.25, 0.3) is 5.91 Å². The van der Waals surface area contributed by atoms with Gasteiger partial charge in [-0.25, -0.2) is 15.0 Å². The Morgan fingerprint density at radius 2 is 1.83 bits per heavy atom. The summed E-state index contributed by atoms with van der Waals surface area (Å²) in [4.78, 5) is 38.1. The first-order valence-corrected chi connectivity index (χ1v) is 10.5. The Morgan fingerprint density at radius 1 is 1.10 bits per heavy atom. The van der Waals surface area contributed by atoms with E-state index in [0.29, 0.717) is 17.4 Å². The lowest BCUT2D eigenvalue weighted by Gasteiger charge is -2.32. The van der Waals surface area contributed by atoms with Gasteiger partial charge in [0.2, 0.25) is 5.91 Å². The molecular formula is C21H24ClN5O3. The number of rotatable bonds is 5. The first-order chi connectivity index (χ1) is 14.5. The maximum absolute atomic E-state index is 13.1. The highest BCUT2D eigenvalue weighted by Gasteiger charge is 2.37. The highest BCUT2D eigenvalue weighted by molar-refractivity contribution is 6.30. The van der Waals surface area contributed by atoms with Crippen molar-refractivity contribution in [2.45, 2.75) is 44.2 Å². The number of amides is 2. The number of hydrogen-bond acceptors (Lipinski definition) is 6. The number of nitrogens with two attached hydrogens (primary N) is 1. The van der Waals surface area contributed by atoms with Crippen molar-refractivity contribution >= 4 is 29.2 Å². The van der Waals surface area contributed by atoms with Crippen LogP contribution in [-0.4, -0.2) is 39.5 Å². The maximum Gasteiger partial charge on any atom is 0.267 e. The van der Waals surface area contributed by atoms with Crippen LogP contribution in [0, 0.1) is 5.92 Å². The minimum atomic E-state index is -0.587. The molecule has 1 atom stereocenters.